The summed E-state index contributed by atoms with van der Waals surface area (Å²) in [5.74, 6) is 0.823. The quantitative estimate of drug-likeness (QED) is 0.684. The first-order valence-corrected chi connectivity index (χ1v) is 10.2. The van der Waals surface area contributed by atoms with E-state index in [1.165, 1.54) is 11.4 Å². The summed E-state index contributed by atoms with van der Waals surface area (Å²) in [6.45, 7) is 2.26. The van der Waals surface area contributed by atoms with Crippen molar-refractivity contribution in [3.8, 4) is 17.1 Å². The van der Waals surface area contributed by atoms with Crippen molar-refractivity contribution in [2.75, 3.05) is 18.0 Å². The second kappa shape index (κ2) is 6.74. The molecule has 0 saturated carbocycles. The van der Waals surface area contributed by atoms with E-state index in [9.17, 15) is 8.42 Å². The molecule has 27 heavy (non-hydrogen) atoms. The molecule has 1 aromatic heterocycles. The highest BCUT2D eigenvalue weighted by molar-refractivity contribution is 7.93. The Bertz CT molecular complexity index is 1090. The van der Waals surface area contributed by atoms with Gasteiger partial charge in [0, 0.05) is 18.2 Å². The number of methoxy groups -OCH3 is 1. The number of hydrogen-bond acceptors (Lipinski definition) is 5. The first-order chi connectivity index (χ1) is 13.0. The zero-order valence-corrected chi connectivity index (χ0v) is 16.0. The number of aromatic nitrogens is 1. The number of fused-ring (bicyclic) bond motifs is 1. The fourth-order valence-electron chi connectivity index (χ4n) is 3.40. The fraction of sp³-hybridized carbons (Fsp3) is 0.250. The zero-order chi connectivity index (χ0) is 19.0. The summed E-state index contributed by atoms with van der Waals surface area (Å²) in [7, 11) is -2.33. The molecule has 0 saturated heterocycles. The number of nitrogens with zero attached hydrogens (tertiary/aromatic N) is 2. The third-order valence-corrected chi connectivity index (χ3v) is 6.55. The Kier molecular flexibility index (Phi) is 4.39. The molecular weight excluding hydrogens is 364 g/mol. The van der Waals surface area contributed by atoms with Gasteiger partial charge in [-0.1, -0.05) is 23.4 Å². The standard InChI is InChI=1S/C20H20N2O4S/c1-14-12-19(26-21-14)16-9-10-18(25-2)20(13-16)27(23,24)22-11-5-7-15-6-3-4-8-17(15)22/h3-4,6,8-10,12-13H,5,7,11H2,1-2H3. The SMILES string of the molecule is COc1ccc(-c2cc(C)no2)cc1S(=O)(=O)N1CCCc2ccccc21. The van der Waals surface area contributed by atoms with Gasteiger partial charge in [-0.15, -0.1) is 0 Å². The Morgan fingerprint density at radius 3 is 2.70 bits per heavy atom. The molecule has 7 heteroatoms. The summed E-state index contributed by atoms with van der Waals surface area (Å²) in [5.41, 5.74) is 3.13. The molecule has 3 aromatic rings. The molecule has 1 aliphatic rings. The Balaban J connectivity index is 1.84. The number of hydrogen-bond donors (Lipinski definition) is 0. The lowest BCUT2D eigenvalue weighted by Crippen LogP contribution is -2.35. The van der Waals surface area contributed by atoms with Crippen LogP contribution in [0.5, 0.6) is 5.75 Å². The summed E-state index contributed by atoms with van der Waals surface area (Å²) in [4.78, 5) is 0.119. The molecule has 2 aromatic carbocycles. The summed E-state index contributed by atoms with van der Waals surface area (Å²) >= 11 is 0. The van der Waals surface area contributed by atoms with Crippen LogP contribution in [0.4, 0.5) is 5.69 Å². The second-order valence-electron chi connectivity index (χ2n) is 6.51. The molecule has 0 amide bonds. The maximum atomic E-state index is 13.5. The average molecular weight is 384 g/mol. The fourth-order valence-corrected chi connectivity index (χ4v) is 5.12. The van der Waals surface area contributed by atoms with E-state index in [2.05, 4.69) is 5.16 Å². The van der Waals surface area contributed by atoms with Crippen LogP contribution in [0.3, 0.4) is 0 Å². The van der Waals surface area contributed by atoms with Crippen molar-refractivity contribution < 1.29 is 17.7 Å². The van der Waals surface area contributed by atoms with E-state index in [1.807, 2.05) is 31.2 Å². The van der Waals surface area contributed by atoms with Crippen LogP contribution in [0.1, 0.15) is 17.7 Å². The van der Waals surface area contributed by atoms with Gasteiger partial charge in [0.05, 0.1) is 18.5 Å². The highest BCUT2D eigenvalue weighted by Gasteiger charge is 2.31. The average Bonchev–Trinajstić information content (AvgIpc) is 3.13. The van der Waals surface area contributed by atoms with Crippen molar-refractivity contribution in [3.63, 3.8) is 0 Å². The lowest BCUT2D eigenvalue weighted by atomic mass is 10.0. The lowest BCUT2D eigenvalue weighted by molar-refractivity contribution is 0.402. The van der Waals surface area contributed by atoms with E-state index in [1.54, 1.807) is 24.3 Å². The van der Waals surface area contributed by atoms with E-state index < -0.39 is 10.0 Å². The molecule has 140 valence electrons. The van der Waals surface area contributed by atoms with Gasteiger partial charge in [-0.05, 0) is 49.6 Å². The van der Waals surface area contributed by atoms with E-state index in [4.69, 9.17) is 9.26 Å². The molecule has 0 N–H and O–H groups in total. The van der Waals surface area contributed by atoms with Crippen molar-refractivity contribution >= 4 is 15.7 Å². The van der Waals surface area contributed by atoms with Crippen molar-refractivity contribution in [2.24, 2.45) is 0 Å². The van der Waals surface area contributed by atoms with E-state index in [-0.39, 0.29) is 4.90 Å². The van der Waals surface area contributed by atoms with Crippen LogP contribution in [-0.2, 0) is 16.4 Å². The molecule has 0 bridgehead atoms. The number of aryl methyl sites for hydroxylation is 2. The highest BCUT2D eigenvalue weighted by Crippen LogP contribution is 2.36. The Labute approximate surface area is 158 Å². The molecule has 1 aliphatic heterocycles. The van der Waals surface area contributed by atoms with Crippen LogP contribution in [0, 0.1) is 6.92 Å². The monoisotopic (exact) mass is 384 g/mol. The second-order valence-corrected chi connectivity index (χ2v) is 8.34. The summed E-state index contributed by atoms with van der Waals surface area (Å²) in [5, 5.41) is 3.88. The molecular formula is C20H20N2O4S. The van der Waals surface area contributed by atoms with Gasteiger partial charge in [0.2, 0.25) is 0 Å². The van der Waals surface area contributed by atoms with Crippen LogP contribution in [0.25, 0.3) is 11.3 Å². The predicted molar refractivity (Wildman–Crippen MR) is 103 cm³/mol. The third kappa shape index (κ3) is 3.08. The summed E-state index contributed by atoms with van der Waals surface area (Å²) in [6.07, 6.45) is 1.65. The van der Waals surface area contributed by atoms with Gasteiger partial charge in [-0.25, -0.2) is 8.42 Å². The van der Waals surface area contributed by atoms with E-state index in [0.717, 1.165) is 29.8 Å². The molecule has 4 rings (SSSR count). The van der Waals surface area contributed by atoms with Crippen molar-refractivity contribution in [1.82, 2.24) is 5.16 Å². The number of rotatable bonds is 4. The van der Waals surface area contributed by atoms with Gasteiger partial charge in [0.25, 0.3) is 10.0 Å². The van der Waals surface area contributed by atoms with Crippen LogP contribution in [-0.4, -0.2) is 27.2 Å². The smallest absolute Gasteiger partial charge is 0.268 e. The normalized spacial score (nSPS) is 14.1. The molecule has 0 spiro atoms. The van der Waals surface area contributed by atoms with Gasteiger partial charge in [0.1, 0.15) is 10.6 Å². The van der Waals surface area contributed by atoms with Crippen LogP contribution in [0.2, 0.25) is 0 Å². The maximum Gasteiger partial charge on any atom is 0.268 e. The summed E-state index contributed by atoms with van der Waals surface area (Å²) < 4.78 is 39.2. The van der Waals surface area contributed by atoms with Crippen LogP contribution in [0.15, 0.2) is 57.9 Å². The van der Waals surface area contributed by atoms with Gasteiger partial charge in [-0.2, -0.15) is 0 Å². The van der Waals surface area contributed by atoms with Crippen molar-refractivity contribution in [1.29, 1.82) is 0 Å². The van der Waals surface area contributed by atoms with Gasteiger partial charge >= 0.3 is 0 Å². The third-order valence-electron chi connectivity index (χ3n) is 4.71. The first kappa shape index (κ1) is 17.6. The number of ether oxygens (including phenoxy) is 1. The Morgan fingerprint density at radius 2 is 1.96 bits per heavy atom. The molecule has 0 radical (unpaired) electrons. The number of anilines is 1. The topological polar surface area (TPSA) is 72.6 Å². The number of para-hydroxylation sites is 1. The maximum absolute atomic E-state index is 13.5. The van der Waals surface area contributed by atoms with E-state index in [0.29, 0.717) is 23.6 Å². The van der Waals surface area contributed by atoms with Crippen LogP contribution >= 0.6 is 0 Å². The Hall–Kier alpha value is -2.80. The number of benzene rings is 2. The minimum Gasteiger partial charge on any atom is -0.495 e. The largest absolute Gasteiger partial charge is 0.495 e. The molecule has 0 unspecified atom stereocenters. The highest BCUT2D eigenvalue weighted by atomic mass is 32.2. The van der Waals surface area contributed by atoms with Crippen molar-refractivity contribution in [2.45, 2.75) is 24.7 Å². The predicted octanol–water partition coefficient (Wildman–Crippen LogP) is 3.80. The minimum absolute atomic E-state index is 0.119. The van der Waals surface area contributed by atoms with Gasteiger partial charge in [0.15, 0.2) is 5.76 Å². The first-order valence-electron chi connectivity index (χ1n) is 8.73. The molecule has 0 atom stereocenters. The number of sulfonamides is 1. The lowest BCUT2D eigenvalue weighted by Gasteiger charge is -2.31. The summed E-state index contributed by atoms with van der Waals surface area (Å²) in [6, 6.07) is 14.4. The van der Waals surface area contributed by atoms with Gasteiger partial charge in [-0.3, -0.25) is 4.31 Å². The van der Waals surface area contributed by atoms with Gasteiger partial charge < -0.3 is 9.26 Å². The minimum atomic E-state index is -3.80. The molecule has 0 fully saturated rings. The van der Waals surface area contributed by atoms with E-state index >= 15 is 0 Å². The zero-order valence-electron chi connectivity index (χ0n) is 15.2. The molecule has 6 nitrogen and oxygen atoms in total. The van der Waals surface area contributed by atoms with Crippen LogP contribution < -0.4 is 9.04 Å². The van der Waals surface area contributed by atoms with Crippen molar-refractivity contribution in [3.05, 3.63) is 59.8 Å². The Morgan fingerprint density at radius 1 is 1.15 bits per heavy atom. The molecule has 2 heterocycles. The molecule has 0 aliphatic carbocycles.